The first-order valence-corrected chi connectivity index (χ1v) is 6.67. The smallest absolute Gasteiger partial charge is 0.240 e. The molecule has 0 amide bonds. The molecule has 2 rings (SSSR count). The van der Waals surface area contributed by atoms with E-state index in [1.807, 2.05) is 0 Å². The molecule has 0 bridgehead atoms. The highest BCUT2D eigenvalue weighted by molar-refractivity contribution is 4.88. The molecule has 96 valence electrons. The summed E-state index contributed by atoms with van der Waals surface area (Å²) in [6.07, 6.45) is 3.53. The van der Waals surface area contributed by atoms with Gasteiger partial charge in [-0.25, -0.2) is 0 Å². The van der Waals surface area contributed by atoms with Crippen molar-refractivity contribution in [2.24, 2.45) is 11.8 Å². The molecule has 0 aromatic carbocycles. The van der Waals surface area contributed by atoms with E-state index in [4.69, 9.17) is 4.52 Å². The van der Waals surface area contributed by atoms with Crippen LogP contribution in [-0.4, -0.2) is 28.1 Å². The van der Waals surface area contributed by atoms with Gasteiger partial charge in [-0.15, -0.1) is 0 Å². The maximum atomic E-state index is 5.30. The van der Waals surface area contributed by atoms with E-state index in [0.717, 1.165) is 43.7 Å². The Morgan fingerprint density at radius 1 is 1.47 bits per heavy atom. The summed E-state index contributed by atoms with van der Waals surface area (Å²) < 4.78 is 5.30. The first kappa shape index (κ1) is 12.6. The molecule has 0 saturated carbocycles. The minimum Gasteiger partial charge on any atom is -0.338 e. The van der Waals surface area contributed by atoms with E-state index in [2.05, 4.69) is 35.8 Å². The van der Waals surface area contributed by atoms with Gasteiger partial charge in [0.05, 0.1) is 6.54 Å². The second-order valence-electron chi connectivity index (χ2n) is 5.68. The van der Waals surface area contributed by atoms with Gasteiger partial charge in [-0.2, -0.15) is 4.98 Å². The first-order valence-electron chi connectivity index (χ1n) is 6.67. The normalized spacial score (nSPS) is 22.2. The molecular weight excluding hydrogens is 214 g/mol. The van der Waals surface area contributed by atoms with Gasteiger partial charge in [-0.3, -0.25) is 4.90 Å². The van der Waals surface area contributed by atoms with E-state index in [9.17, 15) is 0 Å². The number of likely N-dealkylation sites (tertiary alicyclic amines) is 1. The molecular formula is C13H23N3O. The van der Waals surface area contributed by atoms with Crippen molar-refractivity contribution in [1.82, 2.24) is 15.0 Å². The Labute approximate surface area is 103 Å². The van der Waals surface area contributed by atoms with E-state index in [-0.39, 0.29) is 0 Å². The molecule has 1 saturated heterocycles. The van der Waals surface area contributed by atoms with Gasteiger partial charge in [0.15, 0.2) is 5.82 Å². The second-order valence-corrected chi connectivity index (χ2v) is 5.68. The van der Waals surface area contributed by atoms with Gasteiger partial charge in [0, 0.05) is 13.0 Å². The van der Waals surface area contributed by atoms with Crippen LogP contribution in [0.25, 0.3) is 0 Å². The fourth-order valence-corrected chi connectivity index (χ4v) is 2.42. The SMILES string of the molecule is CC(C)Cc1noc(CN2CCC[C@H](C)C2)n1. The summed E-state index contributed by atoms with van der Waals surface area (Å²) in [5.41, 5.74) is 0. The van der Waals surface area contributed by atoms with Crippen LogP contribution in [0.5, 0.6) is 0 Å². The molecule has 1 aliphatic heterocycles. The van der Waals surface area contributed by atoms with E-state index in [0.29, 0.717) is 5.92 Å². The highest BCUT2D eigenvalue weighted by Gasteiger charge is 2.18. The Kier molecular flexibility index (Phi) is 4.15. The Morgan fingerprint density at radius 2 is 2.29 bits per heavy atom. The molecule has 4 heteroatoms. The molecule has 17 heavy (non-hydrogen) atoms. The first-order chi connectivity index (χ1) is 8.13. The van der Waals surface area contributed by atoms with Crippen LogP contribution < -0.4 is 0 Å². The predicted octanol–water partition coefficient (Wildman–Crippen LogP) is 2.50. The highest BCUT2D eigenvalue weighted by Crippen LogP contribution is 2.17. The monoisotopic (exact) mass is 237 g/mol. The van der Waals surface area contributed by atoms with Crippen LogP contribution in [0.15, 0.2) is 4.52 Å². The lowest BCUT2D eigenvalue weighted by molar-refractivity contribution is 0.157. The van der Waals surface area contributed by atoms with Crippen LogP contribution in [0.4, 0.5) is 0 Å². The molecule has 0 radical (unpaired) electrons. The van der Waals surface area contributed by atoms with Gasteiger partial charge in [0.25, 0.3) is 0 Å². The molecule has 1 aliphatic rings. The number of aromatic nitrogens is 2. The largest absolute Gasteiger partial charge is 0.338 e. The van der Waals surface area contributed by atoms with Crippen molar-refractivity contribution < 1.29 is 4.52 Å². The minimum absolute atomic E-state index is 0.579. The van der Waals surface area contributed by atoms with Crippen LogP contribution >= 0.6 is 0 Å². The Balaban J connectivity index is 1.87. The van der Waals surface area contributed by atoms with Crippen molar-refractivity contribution in [2.75, 3.05) is 13.1 Å². The molecule has 1 atom stereocenters. The van der Waals surface area contributed by atoms with E-state index in [1.54, 1.807) is 0 Å². The standard InChI is InChI=1S/C13H23N3O/c1-10(2)7-12-14-13(17-15-12)9-16-6-4-5-11(3)8-16/h10-11H,4-9H2,1-3H3/t11-/m0/s1. The lowest BCUT2D eigenvalue weighted by Crippen LogP contribution is -2.33. The van der Waals surface area contributed by atoms with Crippen molar-refractivity contribution >= 4 is 0 Å². The van der Waals surface area contributed by atoms with Gasteiger partial charge in [0.1, 0.15) is 0 Å². The van der Waals surface area contributed by atoms with Crippen molar-refractivity contribution in [3.8, 4) is 0 Å². The number of nitrogens with zero attached hydrogens (tertiary/aromatic N) is 3. The molecule has 0 spiro atoms. The van der Waals surface area contributed by atoms with Gasteiger partial charge in [0.2, 0.25) is 5.89 Å². The molecule has 0 N–H and O–H groups in total. The third-order valence-electron chi connectivity index (χ3n) is 3.20. The molecule has 0 unspecified atom stereocenters. The van der Waals surface area contributed by atoms with Gasteiger partial charge in [-0.05, 0) is 31.2 Å². The van der Waals surface area contributed by atoms with Gasteiger partial charge in [-0.1, -0.05) is 25.9 Å². The predicted molar refractivity (Wildman–Crippen MR) is 66.5 cm³/mol. The third-order valence-corrected chi connectivity index (χ3v) is 3.20. The lowest BCUT2D eigenvalue weighted by Gasteiger charge is -2.29. The van der Waals surface area contributed by atoms with Crippen molar-refractivity contribution in [1.29, 1.82) is 0 Å². The molecule has 0 aliphatic carbocycles. The van der Waals surface area contributed by atoms with Crippen LogP contribution in [0.2, 0.25) is 0 Å². The lowest BCUT2D eigenvalue weighted by atomic mass is 10.0. The van der Waals surface area contributed by atoms with Gasteiger partial charge >= 0.3 is 0 Å². The molecule has 1 aromatic heterocycles. The fraction of sp³-hybridized carbons (Fsp3) is 0.846. The van der Waals surface area contributed by atoms with Crippen molar-refractivity contribution in [2.45, 2.75) is 46.6 Å². The summed E-state index contributed by atoms with van der Waals surface area (Å²) in [7, 11) is 0. The summed E-state index contributed by atoms with van der Waals surface area (Å²) in [4.78, 5) is 6.87. The summed E-state index contributed by atoms with van der Waals surface area (Å²) in [6, 6.07) is 0. The average molecular weight is 237 g/mol. The molecule has 1 fully saturated rings. The quantitative estimate of drug-likeness (QED) is 0.807. The van der Waals surface area contributed by atoms with Crippen LogP contribution in [-0.2, 0) is 13.0 Å². The maximum absolute atomic E-state index is 5.30. The minimum atomic E-state index is 0.579. The number of hydrogen-bond donors (Lipinski definition) is 0. The zero-order chi connectivity index (χ0) is 12.3. The van der Waals surface area contributed by atoms with E-state index >= 15 is 0 Å². The zero-order valence-electron chi connectivity index (χ0n) is 11.1. The Hall–Kier alpha value is -0.900. The van der Waals surface area contributed by atoms with Crippen LogP contribution in [0.1, 0.15) is 45.3 Å². The van der Waals surface area contributed by atoms with E-state index < -0.39 is 0 Å². The second kappa shape index (κ2) is 5.63. The van der Waals surface area contributed by atoms with Gasteiger partial charge < -0.3 is 4.52 Å². The van der Waals surface area contributed by atoms with Crippen molar-refractivity contribution in [3.05, 3.63) is 11.7 Å². The summed E-state index contributed by atoms with van der Waals surface area (Å²) in [5.74, 6) is 2.99. The average Bonchev–Trinajstić information content (AvgIpc) is 2.64. The number of hydrogen-bond acceptors (Lipinski definition) is 4. The highest BCUT2D eigenvalue weighted by atomic mass is 16.5. The molecule has 1 aromatic rings. The Bertz CT molecular complexity index is 348. The summed E-state index contributed by atoms with van der Waals surface area (Å²) in [6.45, 7) is 9.78. The Morgan fingerprint density at radius 3 is 3.00 bits per heavy atom. The number of piperidine rings is 1. The van der Waals surface area contributed by atoms with Crippen molar-refractivity contribution in [3.63, 3.8) is 0 Å². The molecule has 4 nitrogen and oxygen atoms in total. The number of rotatable bonds is 4. The summed E-state index contributed by atoms with van der Waals surface area (Å²) >= 11 is 0. The summed E-state index contributed by atoms with van der Waals surface area (Å²) in [5, 5.41) is 4.03. The zero-order valence-corrected chi connectivity index (χ0v) is 11.1. The van der Waals surface area contributed by atoms with Crippen LogP contribution in [0, 0.1) is 11.8 Å². The maximum Gasteiger partial charge on any atom is 0.240 e. The molecule has 2 heterocycles. The topological polar surface area (TPSA) is 42.2 Å². The van der Waals surface area contributed by atoms with Crippen LogP contribution in [0.3, 0.4) is 0 Å². The third kappa shape index (κ3) is 3.80. The van der Waals surface area contributed by atoms with E-state index in [1.165, 1.54) is 12.8 Å². The fourth-order valence-electron chi connectivity index (χ4n) is 2.42.